The van der Waals surface area contributed by atoms with Gasteiger partial charge in [-0.15, -0.1) is 0 Å². The predicted octanol–water partition coefficient (Wildman–Crippen LogP) is 3.17. The Morgan fingerprint density at radius 1 is 1.08 bits per heavy atom. The number of nitro benzene ring substituents is 1. The Bertz CT molecular complexity index is 753. The number of para-hydroxylation sites is 1. The summed E-state index contributed by atoms with van der Waals surface area (Å²) < 4.78 is 0. The summed E-state index contributed by atoms with van der Waals surface area (Å²) in [7, 11) is 0. The van der Waals surface area contributed by atoms with Crippen molar-refractivity contribution in [1.82, 2.24) is 5.32 Å². The van der Waals surface area contributed by atoms with Crippen LogP contribution in [0.15, 0.2) is 48.5 Å². The van der Waals surface area contributed by atoms with Crippen LogP contribution in [0.5, 0.6) is 0 Å². The lowest BCUT2D eigenvalue weighted by Gasteiger charge is -2.17. The van der Waals surface area contributed by atoms with E-state index in [-0.39, 0.29) is 11.3 Å². The number of hydrogen-bond donors (Lipinski definition) is 1. The van der Waals surface area contributed by atoms with E-state index in [2.05, 4.69) is 34.5 Å². The van der Waals surface area contributed by atoms with E-state index in [0.29, 0.717) is 13.0 Å². The maximum atomic E-state index is 12.2. The highest BCUT2D eigenvalue weighted by Crippen LogP contribution is 2.20. The molecule has 3 rings (SSSR count). The minimum absolute atomic E-state index is 0.0943. The number of rotatable bonds is 6. The standard InChI is InChI=1S/C19H21N3O3/c23-19(17-5-1-2-6-18(17)22(24)25)20-12-11-15-7-9-16(10-8-15)21-13-3-4-14-21/h1-2,5-10H,3-4,11-14H2,(H,20,23). The summed E-state index contributed by atoms with van der Waals surface area (Å²) in [6.07, 6.45) is 3.19. The zero-order valence-electron chi connectivity index (χ0n) is 14.0. The van der Waals surface area contributed by atoms with Gasteiger partial charge in [-0.2, -0.15) is 0 Å². The number of nitrogens with zero attached hydrogens (tertiary/aromatic N) is 2. The van der Waals surface area contributed by atoms with E-state index in [9.17, 15) is 14.9 Å². The fraction of sp³-hybridized carbons (Fsp3) is 0.316. The lowest BCUT2D eigenvalue weighted by Crippen LogP contribution is -2.26. The van der Waals surface area contributed by atoms with Crippen molar-refractivity contribution in [3.63, 3.8) is 0 Å². The third-order valence-corrected chi connectivity index (χ3v) is 4.45. The number of anilines is 1. The van der Waals surface area contributed by atoms with Crippen molar-refractivity contribution in [2.45, 2.75) is 19.3 Å². The molecule has 0 atom stereocenters. The van der Waals surface area contributed by atoms with E-state index in [0.717, 1.165) is 18.7 Å². The van der Waals surface area contributed by atoms with Crippen LogP contribution in [0.2, 0.25) is 0 Å². The van der Waals surface area contributed by atoms with E-state index < -0.39 is 10.8 Å². The summed E-state index contributed by atoms with van der Waals surface area (Å²) in [6.45, 7) is 2.67. The number of hydrogen-bond acceptors (Lipinski definition) is 4. The zero-order valence-corrected chi connectivity index (χ0v) is 14.0. The van der Waals surface area contributed by atoms with Crippen LogP contribution in [0.25, 0.3) is 0 Å². The molecule has 6 nitrogen and oxygen atoms in total. The molecule has 6 heteroatoms. The van der Waals surface area contributed by atoms with Gasteiger partial charge in [0.2, 0.25) is 0 Å². The lowest BCUT2D eigenvalue weighted by molar-refractivity contribution is -0.385. The average Bonchev–Trinajstić information content (AvgIpc) is 3.17. The summed E-state index contributed by atoms with van der Waals surface area (Å²) in [5.74, 6) is -0.416. The number of amides is 1. The highest BCUT2D eigenvalue weighted by molar-refractivity contribution is 5.98. The van der Waals surface area contributed by atoms with Gasteiger partial charge >= 0.3 is 0 Å². The lowest BCUT2D eigenvalue weighted by atomic mass is 10.1. The molecular weight excluding hydrogens is 318 g/mol. The van der Waals surface area contributed by atoms with Crippen molar-refractivity contribution >= 4 is 17.3 Å². The van der Waals surface area contributed by atoms with Crippen molar-refractivity contribution in [3.05, 3.63) is 69.8 Å². The predicted molar refractivity (Wildman–Crippen MR) is 97.0 cm³/mol. The highest BCUT2D eigenvalue weighted by Gasteiger charge is 2.18. The van der Waals surface area contributed by atoms with Crippen LogP contribution < -0.4 is 10.2 Å². The fourth-order valence-electron chi connectivity index (χ4n) is 3.09. The monoisotopic (exact) mass is 339 g/mol. The van der Waals surface area contributed by atoms with Crippen LogP contribution in [0.3, 0.4) is 0 Å². The van der Waals surface area contributed by atoms with Gasteiger partial charge in [-0.1, -0.05) is 24.3 Å². The molecule has 1 N–H and O–H groups in total. The van der Waals surface area contributed by atoms with Gasteiger partial charge < -0.3 is 10.2 Å². The minimum Gasteiger partial charge on any atom is -0.372 e. The minimum atomic E-state index is -0.536. The molecule has 2 aromatic carbocycles. The molecule has 0 radical (unpaired) electrons. The van der Waals surface area contributed by atoms with Gasteiger partial charge in [0.1, 0.15) is 5.56 Å². The van der Waals surface area contributed by atoms with Gasteiger partial charge in [0, 0.05) is 31.4 Å². The number of carbonyl (C=O) groups excluding carboxylic acids is 1. The summed E-state index contributed by atoms with van der Waals surface area (Å²) in [6, 6.07) is 14.4. The van der Waals surface area contributed by atoms with Crippen LogP contribution in [0.4, 0.5) is 11.4 Å². The Hall–Kier alpha value is -2.89. The van der Waals surface area contributed by atoms with Crippen LogP contribution in [0.1, 0.15) is 28.8 Å². The van der Waals surface area contributed by atoms with Crippen molar-refractivity contribution in [1.29, 1.82) is 0 Å². The smallest absolute Gasteiger partial charge is 0.282 e. The first-order valence-electron chi connectivity index (χ1n) is 8.50. The molecule has 0 bridgehead atoms. The molecule has 0 unspecified atom stereocenters. The van der Waals surface area contributed by atoms with E-state index in [1.807, 2.05) is 0 Å². The molecule has 0 spiro atoms. The first-order chi connectivity index (χ1) is 12.1. The maximum Gasteiger partial charge on any atom is 0.282 e. The second-order valence-corrected chi connectivity index (χ2v) is 6.14. The van der Waals surface area contributed by atoms with Gasteiger partial charge in [-0.3, -0.25) is 14.9 Å². The van der Waals surface area contributed by atoms with Crippen LogP contribution in [-0.2, 0) is 6.42 Å². The Balaban J connectivity index is 1.54. The maximum absolute atomic E-state index is 12.2. The Labute approximate surface area is 146 Å². The summed E-state index contributed by atoms with van der Waals surface area (Å²) in [5, 5.41) is 13.7. The van der Waals surface area contributed by atoms with E-state index >= 15 is 0 Å². The van der Waals surface area contributed by atoms with Crippen molar-refractivity contribution < 1.29 is 9.72 Å². The molecular formula is C19H21N3O3. The normalized spacial score (nSPS) is 13.7. The molecule has 1 heterocycles. The van der Waals surface area contributed by atoms with Crippen molar-refractivity contribution in [3.8, 4) is 0 Å². The summed E-state index contributed by atoms with van der Waals surface area (Å²) in [4.78, 5) is 25.0. The molecule has 2 aromatic rings. The molecule has 1 aliphatic heterocycles. The highest BCUT2D eigenvalue weighted by atomic mass is 16.6. The first kappa shape index (κ1) is 17.0. The Morgan fingerprint density at radius 2 is 1.76 bits per heavy atom. The fourth-order valence-corrected chi connectivity index (χ4v) is 3.09. The van der Waals surface area contributed by atoms with Crippen molar-refractivity contribution in [2.75, 3.05) is 24.5 Å². The molecule has 1 saturated heterocycles. The van der Waals surface area contributed by atoms with Crippen molar-refractivity contribution in [2.24, 2.45) is 0 Å². The molecule has 25 heavy (non-hydrogen) atoms. The summed E-state index contributed by atoms with van der Waals surface area (Å²) >= 11 is 0. The van der Waals surface area contributed by atoms with Gasteiger partial charge in [-0.25, -0.2) is 0 Å². The Morgan fingerprint density at radius 3 is 2.44 bits per heavy atom. The topological polar surface area (TPSA) is 75.5 Å². The van der Waals surface area contributed by atoms with Gasteiger partial charge in [0.05, 0.1) is 4.92 Å². The third kappa shape index (κ3) is 4.15. The van der Waals surface area contributed by atoms with Gasteiger partial charge in [0.25, 0.3) is 11.6 Å². The Kier molecular flexibility index (Phi) is 5.28. The van der Waals surface area contributed by atoms with Crippen LogP contribution in [0, 0.1) is 10.1 Å². The second-order valence-electron chi connectivity index (χ2n) is 6.14. The molecule has 1 fully saturated rings. The molecule has 130 valence electrons. The third-order valence-electron chi connectivity index (χ3n) is 4.45. The van der Waals surface area contributed by atoms with Crippen LogP contribution in [-0.4, -0.2) is 30.5 Å². The largest absolute Gasteiger partial charge is 0.372 e. The van der Waals surface area contributed by atoms with E-state index in [1.54, 1.807) is 12.1 Å². The second kappa shape index (κ2) is 7.79. The molecule has 1 aliphatic rings. The van der Waals surface area contributed by atoms with E-state index in [1.165, 1.54) is 30.7 Å². The quantitative estimate of drug-likeness (QED) is 0.648. The number of carbonyl (C=O) groups is 1. The molecule has 0 saturated carbocycles. The molecule has 1 amide bonds. The molecule has 0 aromatic heterocycles. The average molecular weight is 339 g/mol. The zero-order chi connectivity index (χ0) is 17.6. The number of benzene rings is 2. The van der Waals surface area contributed by atoms with E-state index in [4.69, 9.17) is 0 Å². The SMILES string of the molecule is O=C(NCCc1ccc(N2CCCC2)cc1)c1ccccc1[N+](=O)[O-]. The molecule has 0 aliphatic carbocycles. The van der Waals surface area contributed by atoms with Gasteiger partial charge in [0.15, 0.2) is 0 Å². The number of nitro groups is 1. The van der Waals surface area contributed by atoms with Gasteiger partial charge in [-0.05, 0) is 43.0 Å². The van der Waals surface area contributed by atoms with Crippen LogP contribution >= 0.6 is 0 Å². The first-order valence-corrected chi connectivity index (χ1v) is 8.50. The summed E-state index contributed by atoms with van der Waals surface area (Å²) in [5.41, 5.74) is 2.29. The number of nitrogens with one attached hydrogen (secondary N) is 1.